The van der Waals surface area contributed by atoms with Gasteiger partial charge in [-0.2, -0.15) is 18.2 Å². The summed E-state index contributed by atoms with van der Waals surface area (Å²) in [7, 11) is 0. The summed E-state index contributed by atoms with van der Waals surface area (Å²) in [6, 6.07) is 7.28. The lowest BCUT2D eigenvalue weighted by molar-refractivity contribution is -0.137. The molecule has 3 aromatic rings. The van der Waals surface area contributed by atoms with E-state index in [0.717, 1.165) is 12.1 Å². The van der Waals surface area contributed by atoms with Gasteiger partial charge < -0.3 is 4.74 Å². The minimum Gasteiger partial charge on any atom is -0.439 e. The SMILES string of the molecule is Clc1ccnc(Cl)n1.FC(F)(F)c1ccc(Oc2ccnc(Cl)n2)cc1. The predicted octanol–water partition coefficient (Wildman–Crippen LogP) is 5.72. The molecule has 0 aliphatic heterocycles. The van der Waals surface area contributed by atoms with Crippen molar-refractivity contribution in [3.8, 4) is 11.6 Å². The van der Waals surface area contributed by atoms with Crippen LogP contribution < -0.4 is 4.74 Å². The van der Waals surface area contributed by atoms with Crippen LogP contribution in [0.2, 0.25) is 15.7 Å². The van der Waals surface area contributed by atoms with Gasteiger partial charge in [0.1, 0.15) is 10.9 Å². The molecule has 0 aliphatic rings. The monoisotopic (exact) mass is 422 g/mol. The van der Waals surface area contributed by atoms with Crippen molar-refractivity contribution in [2.24, 2.45) is 0 Å². The van der Waals surface area contributed by atoms with Gasteiger partial charge in [0.05, 0.1) is 5.56 Å². The van der Waals surface area contributed by atoms with Crippen LogP contribution in [0.4, 0.5) is 13.2 Å². The third-order valence-corrected chi connectivity index (χ3v) is 3.17. The summed E-state index contributed by atoms with van der Waals surface area (Å²) in [6.45, 7) is 0. The van der Waals surface area contributed by atoms with Crippen molar-refractivity contribution in [3.63, 3.8) is 0 Å². The van der Waals surface area contributed by atoms with E-state index in [1.807, 2.05) is 0 Å². The average molecular weight is 424 g/mol. The van der Waals surface area contributed by atoms with E-state index in [0.29, 0.717) is 5.15 Å². The summed E-state index contributed by atoms with van der Waals surface area (Å²) in [5.74, 6) is 0.396. The number of ether oxygens (including phenoxy) is 1. The van der Waals surface area contributed by atoms with E-state index in [9.17, 15) is 13.2 Å². The van der Waals surface area contributed by atoms with Crippen molar-refractivity contribution >= 4 is 34.8 Å². The highest BCUT2D eigenvalue weighted by atomic mass is 35.5. The van der Waals surface area contributed by atoms with Crippen molar-refractivity contribution in [2.45, 2.75) is 6.18 Å². The Hall–Kier alpha value is -2.16. The van der Waals surface area contributed by atoms with Crippen molar-refractivity contribution in [1.29, 1.82) is 0 Å². The molecule has 0 bridgehead atoms. The standard InChI is InChI=1S/C11H6ClF3N2O.C4H2Cl2N2/c12-10-16-6-5-9(17-10)18-8-3-1-7(2-4-8)11(13,14)15;5-3-1-2-7-4(6)8-3/h1-6H;1-2H. The summed E-state index contributed by atoms with van der Waals surface area (Å²) >= 11 is 16.3. The first-order valence-electron chi connectivity index (χ1n) is 6.72. The second kappa shape index (κ2) is 8.98. The molecule has 2 aromatic heterocycles. The van der Waals surface area contributed by atoms with Crippen LogP contribution in [-0.2, 0) is 6.18 Å². The molecule has 0 atom stereocenters. The van der Waals surface area contributed by atoms with Gasteiger partial charge in [0.2, 0.25) is 16.4 Å². The summed E-state index contributed by atoms with van der Waals surface area (Å²) in [5, 5.41) is 0.543. The van der Waals surface area contributed by atoms with Gasteiger partial charge in [-0.15, -0.1) is 0 Å². The molecule has 11 heteroatoms. The Kier molecular flexibility index (Phi) is 6.96. The van der Waals surface area contributed by atoms with Gasteiger partial charge >= 0.3 is 6.18 Å². The molecule has 1 aromatic carbocycles. The molecule has 0 unspecified atom stereocenters. The highest BCUT2D eigenvalue weighted by molar-refractivity contribution is 6.31. The fraction of sp³-hybridized carbons (Fsp3) is 0.0667. The third kappa shape index (κ3) is 6.62. The highest BCUT2D eigenvalue weighted by Crippen LogP contribution is 2.31. The zero-order chi connectivity index (χ0) is 19.2. The van der Waals surface area contributed by atoms with Crippen LogP contribution in [0.5, 0.6) is 11.6 Å². The summed E-state index contributed by atoms with van der Waals surface area (Å²) in [6.07, 6.45) is -1.48. The molecule has 5 nitrogen and oxygen atoms in total. The molecule has 0 saturated carbocycles. The van der Waals surface area contributed by atoms with E-state index in [1.165, 1.54) is 30.6 Å². The lowest BCUT2D eigenvalue weighted by atomic mass is 10.2. The van der Waals surface area contributed by atoms with Gasteiger partial charge in [0.15, 0.2) is 0 Å². The number of hydrogen-bond acceptors (Lipinski definition) is 5. The zero-order valence-electron chi connectivity index (χ0n) is 12.6. The molecule has 0 N–H and O–H groups in total. The Morgan fingerprint density at radius 3 is 1.81 bits per heavy atom. The van der Waals surface area contributed by atoms with E-state index in [-0.39, 0.29) is 22.2 Å². The molecule has 3 rings (SSSR count). The van der Waals surface area contributed by atoms with E-state index in [4.69, 9.17) is 39.5 Å². The fourth-order valence-corrected chi connectivity index (χ4v) is 1.99. The van der Waals surface area contributed by atoms with E-state index in [1.54, 1.807) is 6.07 Å². The maximum Gasteiger partial charge on any atom is 0.416 e. The Balaban J connectivity index is 0.000000254. The maximum atomic E-state index is 12.3. The largest absolute Gasteiger partial charge is 0.439 e. The Morgan fingerprint density at radius 2 is 1.35 bits per heavy atom. The molecule has 0 aliphatic carbocycles. The van der Waals surface area contributed by atoms with E-state index < -0.39 is 11.7 Å². The molecule has 0 radical (unpaired) electrons. The molecule has 26 heavy (non-hydrogen) atoms. The van der Waals surface area contributed by atoms with Crippen molar-refractivity contribution in [2.75, 3.05) is 0 Å². The summed E-state index contributed by atoms with van der Waals surface area (Å²) in [5.41, 5.74) is -0.740. The van der Waals surface area contributed by atoms with Crippen LogP contribution in [0.15, 0.2) is 48.8 Å². The number of benzene rings is 1. The van der Waals surface area contributed by atoms with Crippen LogP contribution in [0.1, 0.15) is 5.56 Å². The first-order chi connectivity index (χ1) is 12.2. The number of alkyl halides is 3. The fourth-order valence-electron chi connectivity index (χ4n) is 1.52. The average Bonchev–Trinajstić information content (AvgIpc) is 2.55. The molecular formula is C15H8Cl3F3N4O. The maximum absolute atomic E-state index is 12.3. The topological polar surface area (TPSA) is 60.8 Å². The zero-order valence-corrected chi connectivity index (χ0v) is 14.9. The van der Waals surface area contributed by atoms with Gasteiger partial charge in [0.25, 0.3) is 0 Å². The number of aromatic nitrogens is 4. The van der Waals surface area contributed by atoms with Crippen molar-refractivity contribution in [3.05, 3.63) is 70.1 Å². The number of halogens is 6. The molecule has 136 valence electrons. The summed E-state index contributed by atoms with van der Waals surface area (Å²) < 4.78 is 42.2. The van der Waals surface area contributed by atoms with Crippen LogP contribution in [-0.4, -0.2) is 19.9 Å². The number of hydrogen-bond donors (Lipinski definition) is 0. The number of nitrogens with zero attached hydrogens (tertiary/aromatic N) is 4. The van der Waals surface area contributed by atoms with Gasteiger partial charge in [-0.3, -0.25) is 0 Å². The van der Waals surface area contributed by atoms with Crippen molar-refractivity contribution in [1.82, 2.24) is 19.9 Å². The van der Waals surface area contributed by atoms with Gasteiger partial charge in [0, 0.05) is 18.5 Å². The van der Waals surface area contributed by atoms with E-state index in [2.05, 4.69) is 19.9 Å². The van der Waals surface area contributed by atoms with Crippen LogP contribution >= 0.6 is 34.8 Å². The lowest BCUT2D eigenvalue weighted by Crippen LogP contribution is -2.04. The highest BCUT2D eigenvalue weighted by Gasteiger charge is 2.30. The Morgan fingerprint density at radius 1 is 0.769 bits per heavy atom. The molecular weight excluding hydrogens is 416 g/mol. The molecule has 0 spiro atoms. The van der Waals surface area contributed by atoms with Gasteiger partial charge in [-0.25, -0.2) is 15.0 Å². The minimum atomic E-state index is -4.36. The Bertz CT molecular complexity index is 846. The predicted molar refractivity (Wildman–Crippen MR) is 90.6 cm³/mol. The van der Waals surface area contributed by atoms with Crippen molar-refractivity contribution < 1.29 is 17.9 Å². The molecule has 0 amide bonds. The third-order valence-electron chi connectivity index (χ3n) is 2.60. The first-order valence-corrected chi connectivity index (χ1v) is 7.85. The first kappa shape index (κ1) is 20.2. The quantitative estimate of drug-likeness (QED) is 0.389. The minimum absolute atomic E-state index is 0.000545. The van der Waals surface area contributed by atoms with Gasteiger partial charge in [-0.1, -0.05) is 11.6 Å². The number of rotatable bonds is 2. The Labute approximate surface area is 160 Å². The van der Waals surface area contributed by atoms with E-state index >= 15 is 0 Å². The molecule has 0 fully saturated rings. The second-order valence-corrected chi connectivity index (χ2v) is 5.50. The molecule has 0 saturated heterocycles. The van der Waals surface area contributed by atoms with Crippen LogP contribution in [0, 0.1) is 0 Å². The smallest absolute Gasteiger partial charge is 0.416 e. The second-order valence-electron chi connectivity index (χ2n) is 4.44. The van der Waals surface area contributed by atoms with Crippen LogP contribution in [0.25, 0.3) is 0 Å². The normalized spacial score (nSPS) is 10.7. The van der Waals surface area contributed by atoms with Gasteiger partial charge in [-0.05, 0) is 53.5 Å². The summed E-state index contributed by atoms with van der Waals surface area (Å²) in [4.78, 5) is 14.6. The van der Waals surface area contributed by atoms with Crippen LogP contribution in [0.3, 0.4) is 0 Å². The lowest BCUT2D eigenvalue weighted by Gasteiger charge is -2.08. The molecule has 2 heterocycles.